The molecule has 3 aliphatic rings. The number of nitrogens with zero attached hydrogens (tertiary/aromatic N) is 3. The summed E-state index contributed by atoms with van der Waals surface area (Å²) in [6.45, 7) is 7.95. The highest BCUT2D eigenvalue weighted by molar-refractivity contribution is 7.09. The fraction of sp³-hybridized carbons (Fsp3) is 0.778. The highest BCUT2D eigenvalue weighted by Gasteiger charge is 2.47. The fourth-order valence-electron chi connectivity index (χ4n) is 4.54. The maximum absolute atomic E-state index is 12.5. The first-order valence-corrected chi connectivity index (χ1v) is 10.0. The van der Waals surface area contributed by atoms with Gasteiger partial charge >= 0.3 is 0 Å². The number of piperidine rings is 1. The molecule has 3 aliphatic heterocycles. The second-order valence-corrected chi connectivity index (χ2v) is 8.65. The lowest BCUT2D eigenvalue weighted by atomic mass is 9.84. The van der Waals surface area contributed by atoms with Crippen molar-refractivity contribution in [2.45, 2.75) is 51.1 Å². The molecule has 5 nitrogen and oxygen atoms in total. The molecule has 24 heavy (non-hydrogen) atoms. The van der Waals surface area contributed by atoms with Crippen molar-refractivity contribution in [1.29, 1.82) is 0 Å². The third-order valence-corrected chi connectivity index (χ3v) is 6.81. The van der Waals surface area contributed by atoms with Crippen LogP contribution in [-0.2, 0) is 16.1 Å². The lowest BCUT2D eigenvalue weighted by molar-refractivity contribution is -0.133. The smallest absolute Gasteiger partial charge is 0.223 e. The van der Waals surface area contributed by atoms with Crippen LogP contribution in [0.3, 0.4) is 0 Å². The lowest BCUT2D eigenvalue weighted by Crippen LogP contribution is -2.53. The van der Waals surface area contributed by atoms with Crippen LogP contribution in [0.4, 0.5) is 0 Å². The van der Waals surface area contributed by atoms with E-state index < -0.39 is 0 Å². The van der Waals surface area contributed by atoms with Gasteiger partial charge in [0.1, 0.15) is 0 Å². The largest absolute Gasteiger partial charge is 0.381 e. The van der Waals surface area contributed by atoms with Crippen LogP contribution in [0.1, 0.15) is 42.8 Å². The van der Waals surface area contributed by atoms with Crippen LogP contribution in [0.2, 0.25) is 0 Å². The second kappa shape index (κ2) is 6.73. The van der Waals surface area contributed by atoms with Gasteiger partial charge in [0.2, 0.25) is 5.91 Å². The molecule has 0 bridgehead atoms. The minimum atomic E-state index is 0.0806. The molecule has 4 heterocycles. The maximum Gasteiger partial charge on any atom is 0.223 e. The molecule has 6 heteroatoms. The first-order valence-electron chi connectivity index (χ1n) is 9.16. The topological polar surface area (TPSA) is 45.7 Å². The monoisotopic (exact) mass is 349 g/mol. The summed E-state index contributed by atoms with van der Waals surface area (Å²) in [7, 11) is 0. The first-order chi connectivity index (χ1) is 11.6. The van der Waals surface area contributed by atoms with Gasteiger partial charge in [0, 0.05) is 43.6 Å². The van der Waals surface area contributed by atoms with Crippen molar-refractivity contribution < 1.29 is 9.53 Å². The molecule has 0 saturated carbocycles. The van der Waals surface area contributed by atoms with Crippen molar-refractivity contribution in [2.75, 3.05) is 32.8 Å². The summed E-state index contributed by atoms with van der Waals surface area (Å²) in [6.07, 6.45) is 5.15. The zero-order chi connectivity index (χ0) is 16.6. The summed E-state index contributed by atoms with van der Waals surface area (Å²) in [5, 5.41) is 3.18. The van der Waals surface area contributed by atoms with Gasteiger partial charge in [-0.3, -0.25) is 4.79 Å². The molecular weight excluding hydrogens is 322 g/mol. The number of hydrogen-bond donors (Lipinski definition) is 0. The number of likely N-dealkylation sites (tertiary alicyclic amines) is 2. The van der Waals surface area contributed by atoms with E-state index in [4.69, 9.17) is 4.74 Å². The normalized spacial score (nSPS) is 27.5. The second-order valence-electron chi connectivity index (χ2n) is 7.59. The predicted molar refractivity (Wildman–Crippen MR) is 94.0 cm³/mol. The molecule has 1 amide bonds. The molecule has 1 aromatic heterocycles. The Balaban J connectivity index is 1.39. The molecule has 3 fully saturated rings. The van der Waals surface area contributed by atoms with E-state index in [9.17, 15) is 4.79 Å². The highest BCUT2D eigenvalue weighted by Crippen LogP contribution is 2.40. The van der Waals surface area contributed by atoms with Crippen molar-refractivity contribution >= 4 is 17.2 Å². The Morgan fingerprint density at radius 2 is 2.21 bits per heavy atom. The van der Waals surface area contributed by atoms with E-state index in [-0.39, 0.29) is 5.54 Å². The molecule has 4 rings (SSSR count). The number of rotatable bonds is 4. The Bertz CT molecular complexity index is 589. The average molecular weight is 350 g/mol. The van der Waals surface area contributed by atoms with Crippen LogP contribution in [0.5, 0.6) is 0 Å². The number of carbonyl (C=O) groups is 1. The van der Waals surface area contributed by atoms with Crippen molar-refractivity contribution in [3.8, 4) is 0 Å². The van der Waals surface area contributed by atoms with Crippen LogP contribution < -0.4 is 0 Å². The minimum Gasteiger partial charge on any atom is -0.381 e. The van der Waals surface area contributed by atoms with Crippen molar-refractivity contribution in [3.05, 3.63) is 16.1 Å². The van der Waals surface area contributed by atoms with Crippen LogP contribution in [0.25, 0.3) is 0 Å². The molecule has 1 spiro atoms. The predicted octanol–water partition coefficient (Wildman–Crippen LogP) is 2.45. The highest BCUT2D eigenvalue weighted by atomic mass is 32.1. The molecule has 0 aromatic carbocycles. The summed E-state index contributed by atoms with van der Waals surface area (Å²) < 4.78 is 5.51. The Morgan fingerprint density at radius 1 is 1.38 bits per heavy atom. The van der Waals surface area contributed by atoms with E-state index in [1.165, 1.54) is 6.42 Å². The minimum absolute atomic E-state index is 0.0806. The number of ether oxygens (including phenoxy) is 1. The summed E-state index contributed by atoms with van der Waals surface area (Å²) in [4.78, 5) is 21.8. The fourth-order valence-corrected chi connectivity index (χ4v) is 5.14. The molecule has 132 valence electrons. The van der Waals surface area contributed by atoms with E-state index in [0.29, 0.717) is 24.8 Å². The Kier molecular flexibility index (Phi) is 4.62. The zero-order valence-corrected chi connectivity index (χ0v) is 15.3. The quantitative estimate of drug-likeness (QED) is 0.838. The van der Waals surface area contributed by atoms with E-state index in [1.54, 1.807) is 11.3 Å². The number of amides is 1. The molecule has 3 saturated heterocycles. The van der Waals surface area contributed by atoms with Crippen molar-refractivity contribution in [2.24, 2.45) is 5.92 Å². The van der Waals surface area contributed by atoms with Gasteiger partial charge in [0.15, 0.2) is 0 Å². The summed E-state index contributed by atoms with van der Waals surface area (Å²) in [5.41, 5.74) is 1.13. The molecular formula is C18H27N3O2S. The standard InChI is InChI=1S/C18H27N3O2S/c1-14-19-16(13-24-14)11-21-17(22)2-4-18(21)5-7-20(8-6-18)10-15-3-9-23-12-15/h13,15H,2-12H2,1H3/t15-/m0/s1. The molecule has 1 aromatic rings. The van der Waals surface area contributed by atoms with Gasteiger partial charge in [0.25, 0.3) is 0 Å². The lowest BCUT2D eigenvalue weighted by Gasteiger charge is -2.45. The van der Waals surface area contributed by atoms with Gasteiger partial charge in [0.05, 0.1) is 23.9 Å². The van der Waals surface area contributed by atoms with E-state index in [2.05, 4.69) is 20.2 Å². The molecule has 1 atom stereocenters. The number of thiazole rings is 1. The Hall–Kier alpha value is -0.980. The Morgan fingerprint density at radius 3 is 2.88 bits per heavy atom. The number of carbonyl (C=O) groups excluding carboxylic acids is 1. The SMILES string of the molecule is Cc1nc(CN2C(=O)CCC23CCN(C[C@@H]2CCOC2)CC3)cs1. The molecule has 0 radical (unpaired) electrons. The molecule has 0 unspecified atom stereocenters. The van der Waals surface area contributed by atoms with Crippen LogP contribution in [0, 0.1) is 12.8 Å². The third kappa shape index (κ3) is 3.24. The van der Waals surface area contributed by atoms with Crippen LogP contribution in [-0.4, -0.2) is 59.1 Å². The average Bonchev–Trinajstić information content (AvgIpc) is 3.29. The number of hydrogen-bond acceptors (Lipinski definition) is 5. The third-order valence-electron chi connectivity index (χ3n) is 5.99. The molecule has 0 N–H and O–H groups in total. The van der Waals surface area contributed by atoms with Gasteiger partial charge in [-0.1, -0.05) is 0 Å². The Labute approximate surface area is 148 Å². The zero-order valence-electron chi connectivity index (χ0n) is 14.5. The molecule has 0 aliphatic carbocycles. The summed E-state index contributed by atoms with van der Waals surface area (Å²) in [6, 6.07) is 0. The van der Waals surface area contributed by atoms with Gasteiger partial charge < -0.3 is 14.5 Å². The number of aromatic nitrogens is 1. The number of aryl methyl sites for hydroxylation is 1. The van der Waals surface area contributed by atoms with Gasteiger partial charge in [-0.05, 0) is 38.5 Å². The van der Waals surface area contributed by atoms with Crippen LogP contribution >= 0.6 is 11.3 Å². The first kappa shape index (κ1) is 16.5. The van der Waals surface area contributed by atoms with Gasteiger partial charge in [-0.2, -0.15) is 0 Å². The van der Waals surface area contributed by atoms with Crippen molar-refractivity contribution in [3.63, 3.8) is 0 Å². The van der Waals surface area contributed by atoms with Crippen molar-refractivity contribution in [1.82, 2.24) is 14.8 Å². The summed E-state index contributed by atoms with van der Waals surface area (Å²) in [5.74, 6) is 1.02. The van der Waals surface area contributed by atoms with Crippen LogP contribution in [0.15, 0.2) is 5.38 Å². The maximum atomic E-state index is 12.5. The van der Waals surface area contributed by atoms with Gasteiger partial charge in [-0.25, -0.2) is 4.98 Å². The van der Waals surface area contributed by atoms with E-state index >= 15 is 0 Å². The van der Waals surface area contributed by atoms with E-state index in [0.717, 1.165) is 62.8 Å². The van der Waals surface area contributed by atoms with Gasteiger partial charge in [-0.15, -0.1) is 11.3 Å². The summed E-state index contributed by atoms with van der Waals surface area (Å²) >= 11 is 1.67. The van der Waals surface area contributed by atoms with E-state index in [1.807, 2.05) is 6.92 Å².